The van der Waals surface area contributed by atoms with Gasteiger partial charge in [0.25, 0.3) is 0 Å². The Morgan fingerprint density at radius 1 is 0.935 bits per heavy atom. The van der Waals surface area contributed by atoms with Crippen molar-refractivity contribution in [2.45, 2.75) is 71.6 Å². The Hall–Kier alpha value is -2.82. The van der Waals surface area contributed by atoms with Crippen LogP contribution in [-0.4, -0.2) is 30.1 Å². The van der Waals surface area contributed by atoms with Gasteiger partial charge in [-0.2, -0.15) is 0 Å². The van der Waals surface area contributed by atoms with Gasteiger partial charge in [0.1, 0.15) is 12.6 Å². The predicted molar refractivity (Wildman–Crippen MR) is 121 cm³/mol. The van der Waals surface area contributed by atoms with Crippen molar-refractivity contribution < 1.29 is 19.1 Å². The minimum Gasteiger partial charge on any atom is -0.467 e. The van der Waals surface area contributed by atoms with Gasteiger partial charge in [-0.25, -0.2) is 9.59 Å². The number of benzene rings is 2. The molecule has 1 aliphatic heterocycles. The molecule has 5 nitrogen and oxygen atoms in total. The van der Waals surface area contributed by atoms with Crippen LogP contribution >= 0.6 is 0 Å². The highest BCUT2D eigenvalue weighted by Crippen LogP contribution is 2.41. The van der Waals surface area contributed by atoms with Crippen LogP contribution in [0.5, 0.6) is 0 Å². The maximum atomic E-state index is 13.3. The van der Waals surface area contributed by atoms with E-state index in [0.717, 1.165) is 24.8 Å². The average molecular weight is 424 g/mol. The molecule has 0 radical (unpaired) electrons. The summed E-state index contributed by atoms with van der Waals surface area (Å²) < 4.78 is 10.7. The molecule has 0 bridgehead atoms. The van der Waals surface area contributed by atoms with Crippen molar-refractivity contribution in [1.82, 2.24) is 4.90 Å². The van der Waals surface area contributed by atoms with E-state index >= 15 is 0 Å². The predicted octanol–water partition coefficient (Wildman–Crippen LogP) is 5.39. The lowest BCUT2D eigenvalue weighted by atomic mass is 9.88. The van der Waals surface area contributed by atoms with E-state index in [1.807, 2.05) is 30.3 Å². The highest BCUT2D eigenvalue weighted by molar-refractivity contribution is 5.82. The second kappa shape index (κ2) is 10.5. The third-order valence-corrected chi connectivity index (χ3v) is 6.19. The Balaban J connectivity index is 1.96. The van der Waals surface area contributed by atoms with Gasteiger partial charge in [-0.1, -0.05) is 63.2 Å². The zero-order valence-corrected chi connectivity index (χ0v) is 19.0. The number of esters is 1. The van der Waals surface area contributed by atoms with Gasteiger partial charge in [0.05, 0.1) is 13.2 Å². The second-order valence-electron chi connectivity index (χ2n) is 7.97. The number of amides is 1. The summed E-state index contributed by atoms with van der Waals surface area (Å²) in [7, 11) is 1.37. The molecule has 1 fully saturated rings. The van der Waals surface area contributed by atoms with Gasteiger partial charge < -0.3 is 9.47 Å². The number of rotatable bonds is 7. The molecular weight excluding hydrogens is 390 g/mol. The van der Waals surface area contributed by atoms with Gasteiger partial charge in [0, 0.05) is 0 Å². The lowest BCUT2D eigenvalue weighted by molar-refractivity contribution is -0.145. The molecule has 0 spiro atoms. The first-order valence-corrected chi connectivity index (χ1v) is 11.2. The third-order valence-electron chi connectivity index (χ3n) is 6.19. The smallest absolute Gasteiger partial charge is 0.411 e. The van der Waals surface area contributed by atoms with Crippen molar-refractivity contribution in [3.63, 3.8) is 0 Å². The summed E-state index contributed by atoms with van der Waals surface area (Å²) in [5, 5.41) is 0. The van der Waals surface area contributed by atoms with Crippen LogP contribution < -0.4 is 0 Å². The number of methoxy groups -OCH3 is 1. The topological polar surface area (TPSA) is 55.8 Å². The SMILES string of the molecule is CCc1cc(CC)c([C@H]2CC[C@@H](C(=O)OC)N2C(=O)OCc2ccccc2)c(CC)c1. The van der Waals surface area contributed by atoms with Crippen LogP contribution in [0.4, 0.5) is 4.79 Å². The minimum absolute atomic E-state index is 0.173. The summed E-state index contributed by atoms with van der Waals surface area (Å²) >= 11 is 0. The van der Waals surface area contributed by atoms with Crippen LogP contribution in [-0.2, 0) is 40.1 Å². The van der Waals surface area contributed by atoms with Gasteiger partial charge in [-0.05, 0) is 59.9 Å². The molecule has 1 heterocycles. The normalized spacial score (nSPS) is 18.1. The Bertz CT molecular complexity index is 884. The van der Waals surface area contributed by atoms with Crippen molar-refractivity contribution in [3.05, 3.63) is 70.3 Å². The molecule has 0 aliphatic carbocycles. The molecule has 5 heteroatoms. The van der Waals surface area contributed by atoms with E-state index in [1.54, 1.807) is 4.90 Å². The number of hydrogen-bond donors (Lipinski definition) is 0. The summed E-state index contributed by atoms with van der Waals surface area (Å²) in [5.41, 5.74) is 5.88. The van der Waals surface area contributed by atoms with E-state index in [4.69, 9.17) is 9.47 Å². The second-order valence-corrected chi connectivity index (χ2v) is 7.97. The first-order chi connectivity index (χ1) is 15.0. The van der Waals surface area contributed by atoms with Crippen LogP contribution in [0.2, 0.25) is 0 Å². The molecule has 3 rings (SSSR count). The first kappa shape index (κ1) is 22.9. The fourth-order valence-corrected chi connectivity index (χ4v) is 4.58. The molecule has 0 aromatic heterocycles. The lowest BCUT2D eigenvalue weighted by Gasteiger charge is -2.31. The Morgan fingerprint density at radius 2 is 1.58 bits per heavy atom. The molecule has 166 valence electrons. The highest BCUT2D eigenvalue weighted by atomic mass is 16.6. The molecule has 1 amide bonds. The van der Waals surface area contributed by atoms with E-state index in [-0.39, 0.29) is 18.6 Å². The van der Waals surface area contributed by atoms with Crippen molar-refractivity contribution in [1.29, 1.82) is 0 Å². The van der Waals surface area contributed by atoms with Gasteiger partial charge in [0.2, 0.25) is 0 Å². The molecule has 1 saturated heterocycles. The van der Waals surface area contributed by atoms with Crippen LogP contribution in [0, 0.1) is 0 Å². The number of likely N-dealkylation sites (tertiary alicyclic amines) is 1. The fourth-order valence-electron chi connectivity index (χ4n) is 4.58. The molecule has 31 heavy (non-hydrogen) atoms. The summed E-state index contributed by atoms with van der Waals surface area (Å²) in [4.78, 5) is 27.4. The largest absolute Gasteiger partial charge is 0.467 e. The number of ether oxygens (including phenoxy) is 2. The van der Waals surface area contributed by atoms with Gasteiger partial charge in [-0.3, -0.25) is 4.90 Å². The molecule has 2 atom stereocenters. The monoisotopic (exact) mass is 423 g/mol. The van der Waals surface area contributed by atoms with Gasteiger partial charge in [-0.15, -0.1) is 0 Å². The zero-order chi connectivity index (χ0) is 22.4. The van der Waals surface area contributed by atoms with Crippen molar-refractivity contribution >= 4 is 12.1 Å². The third kappa shape index (κ3) is 4.92. The number of nitrogens with zero attached hydrogens (tertiary/aromatic N) is 1. The van der Waals surface area contributed by atoms with Crippen LogP contribution in [0.3, 0.4) is 0 Å². The number of carbonyl (C=O) groups excluding carboxylic acids is 2. The fraction of sp³-hybridized carbons (Fsp3) is 0.462. The van der Waals surface area contributed by atoms with E-state index in [0.29, 0.717) is 12.8 Å². The summed E-state index contributed by atoms with van der Waals surface area (Å²) in [6.45, 7) is 6.61. The standard InChI is InChI=1S/C26H33NO4/c1-5-18-15-20(6-2)24(21(7-3)16-18)22-13-14-23(25(28)30-4)27(22)26(29)31-17-19-11-9-8-10-12-19/h8-12,15-16,22-23H,5-7,13-14,17H2,1-4H3/t22-,23+/m1/s1. The Kier molecular flexibility index (Phi) is 7.72. The molecule has 1 aliphatic rings. The molecule has 0 N–H and O–H groups in total. The zero-order valence-electron chi connectivity index (χ0n) is 19.0. The summed E-state index contributed by atoms with van der Waals surface area (Å²) in [5.74, 6) is -0.388. The molecular formula is C26H33NO4. The average Bonchev–Trinajstić information content (AvgIpc) is 3.26. The number of aryl methyl sites for hydroxylation is 3. The molecule has 0 unspecified atom stereocenters. The Labute approximate surface area is 185 Å². The molecule has 2 aromatic rings. The van der Waals surface area contributed by atoms with Crippen LogP contribution in [0.25, 0.3) is 0 Å². The van der Waals surface area contributed by atoms with Gasteiger partial charge in [0.15, 0.2) is 0 Å². The maximum Gasteiger partial charge on any atom is 0.411 e. The maximum absolute atomic E-state index is 13.3. The molecule has 0 saturated carbocycles. The van der Waals surface area contributed by atoms with Crippen molar-refractivity contribution in [2.75, 3.05) is 7.11 Å². The van der Waals surface area contributed by atoms with Crippen LogP contribution in [0.15, 0.2) is 42.5 Å². The Morgan fingerprint density at radius 3 is 2.13 bits per heavy atom. The van der Waals surface area contributed by atoms with E-state index in [2.05, 4.69) is 32.9 Å². The quantitative estimate of drug-likeness (QED) is 0.560. The van der Waals surface area contributed by atoms with Crippen LogP contribution in [0.1, 0.15) is 67.5 Å². The van der Waals surface area contributed by atoms with E-state index in [9.17, 15) is 9.59 Å². The van der Waals surface area contributed by atoms with Crippen molar-refractivity contribution in [2.24, 2.45) is 0 Å². The highest BCUT2D eigenvalue weighted by Gasteiger charge is 2.44. The molecule has 2 aromatic carbocycles. The number of carbonyl (C=O) groups is 2. The summed E-state index contributed by atoms with van der Waals surface area (Å²) in [6, 6.07) is 13.3. The summed E-state index contributed by atoms with van der Waals surface area (Å²) in [6.07, 6.45) is 3.54. The lowest BCUT2D eigenvalue weighted by Crippen LogP contribution is -2.43. The van der Waals surface area contributed by atoms with Gasteiger partial charge >= 0.3 is 12.1 Å². The van der Waals surface area contributed by atoms with E-state index in [1.165, 1.54) is 29.4 Å². The first-order valence-electron chi connectivity index (χ1n) is 11.2. The number of hydrogen-bond acceptors (Lipinski definition) is 4. The minimum atomic E-state index is -0.626. The van der Waals surface area contributed by atoms with Crippen molar-refractivity contribution in [3.8, 4) is 0 Å². The van der Waals surface area contributed by atoms with E-state index < -0.39 is 12.1 Å².